The summed E-state index contributed by atoms with van der Waals surface area (Å²) in [5, 5.41) is 0.774. The third-order valence-electron chi connectivity index (χ3n) is 2.51. The molecular weight excluding hydrogens is 218 g/mol. The maximum Gasteiger partial charge on any atom is 0.343 e. The second-order valence-corrected chi connectivity index (χ2v) is 3.55. The van der Waals surface area contributed by atoms with Crippen LogP contribution in [0.2, 0.25) is 0 Å². The van der Waals surface area contributed by atoms with Gasteiger partial charge in [0.1, 0.15) is 5.56 Å². The molecule has 0 saturated heterocycles. The Morgan fingerprint density at radius 3 is 2.82 bits per heavy atom. The van der Waals surface area contributed by atoms with Gasteiger partial charge in [0.15, 0.2) is 0 Å². The van der Waals surface area contributed by atoms with Gasteiger partial charge in [0.25, 0.3) is 5.56 Å². The highest BCUT2D eigenvalue weighted by atomic mass is 16.5. The average Bonchev–Trinajstić information content (AvgIpc) is 2.36. The molecule has 1 N–H and O–H groups in total. The SMILES string of the molecule is C=Cc1ccc2cc(C(=O)OC)c(=O)[nH]c2c1. The second kappa shape index (κ2) is 4.25. The van der Waals surface area contributed by atoms with Gasteiger partial charge in [-0.1, -0.05) is 24.8 Å². The standard InChI is InChI=1S/C13H11NO3/c1-3-8-4-5-9-7-10(13(16)17-2)12(15)14-11(9)6-8/h3-7H,1H2,2H3,(H,14,15). The molecule has 2 aromatic rings. The fourth-order valence-electron chi connectivity index (χ4n) is 1.61. The summed E-state index contributed by atoms with van der Waals surface area (Å²) >= 11 is 0. The van der Waals surface area contributed by atoms with Crippen molar-refractivity contribution in [2.24, 2.45) is 0 Å². The molecule has 4 nitrogen and oxygen atoms in total. The minimum atomic E-state index is -0.638. The van der Waals surface area contributed by atoms with Crippen molar-refractivity contribution in [3.63, 3.8) is 0 Å². The largest absolute Gasteiger partial charge is 0.465 e. The molecule has 0 bridgehead atoms. The van der Waals surface area contributed by atoms with E-state index in [1.54, 1.807) is 12.1 Å². The molecule has 0 fully saturated rings. The van der Waals surface area contributed by atoms with E-state index in [9.17, 15) is 9.59 Å². The zero-order valence-electron chi connectivity index (χ0n) is 9.32. The Balaban J connectivity index is 2.70. The van der Waals surface area contributed by atoms with Gasteiger partial charge in [-0.15, -0.1) is 0 Å². The van der Waals surface area contributed by atoms with Gasteiger partial charge in [0.05, 0.1) is 7.11 Å². The molecule has 0 aliphatic heterocycles. The Morgan fingerprint density at radius 2 is 2.18 bits per heavy atom. The van der Waals surface area contributed by atoms with Crippen molar-refractivity contribution in [2.45, 2.75) is 0 Å². The molecule has 0 amide bonds. The molecule has 0 unspecified atom stereocenters. The number of carbonyl (C=O) groups is 1. The predicted molar refractivity (Wildman–Crippen MR) is 66.0 cm³/mol. The molecule has 0 radical (unpaired) electrons. The van der Waals surface area contributed by atoms with Crippen LogP contribution in [0.25, 0.3) is 17.0 Å². The van der Waals surface area contributed by atoms with E-state index in [0.717, 1.165) is 10.9 Å². The van der Waals surface area contributed by atoms with Crippen molar-refractivity contribution >= 4 is 22.9 Å². The van der Waals surface area contributed by atoms with E-state index in [1.165, 1.54) is 13.2 Å². The molecule has 86 valence electrons. The van der Waals surface area contributed by atoms with Crippen molar-refractivity contribution < 1.29 is 9.53 Å². The number of hydrogen-bond donors (Lipinski definition) is 1. The Kier molecular flexibility index (Phi) is 2.78. The van der Waals surface area contributed by atoms with E-state index >= 15 is 0 Å². The number of nitrogens with one attached hydrogen (secondary N) is 1. The lowest BCUT2D eigenvalue weighted by Crippen LogP contribution is -2.18. The van der Waals surface area contributed by atoms with Gasteiger partial charge >= 0.3 is 5.97 Å². The van der Waals surface area contributed by atoms with Gasteiger partial charge in [0, 0.05) is 5.52 Å². The topological polar surface area (TPSA) is 59.2 Å². The van der Waals surface area contributed by atoms with Crippen LogP contribution in [-0.2, 0) is 4.74 Å². The summed E-state index contributed by atoms with van der Waals surface area (Å²) in [5.74, 6) is -0.638. The quantitative estimate of drug-likeness (QED) is 0.801. The molecule has 17 heavy (non-hydrogen) atoms. The van der Waals surface area contributed by atoms with Crippen LogP contribution in [0.4, 0.5) is 0 Å². The highest BCUT2D eigenvalue weighted by molar-refractivity contribution is 5.93. The van der Waals surface area contributed by atoms with Crippen molar-refractivity contribution in [3.05, 3.63) is 52.3 Å². The highest BCUT2D eigenvalue weighted by Gasteiger charge is 2.11. The monoisotopic (exact) mass is 229 g/mol. The summed E-state index contributed by atoms with van der Waals surface area (Å²) in [4.78, 5) is 25.6. The fourth-order valence-corrected chi connectivity index (χ4v) is 1.61. The van der Waals surface area contributed by atoms with E-state index in [0.29, 0.717) is 5.52 Å². The fraction of sp³-hybridized carbons (Fsp3) is 0.0769. The minimum absolute atomic E-state index is 0.00588. The van der Waals surface area contributed by atoms with E-state index in [1.807, 2.05) is 12.1 Å². The van der Waals surface area contributed by atoms with Crippen molar-refractivity contribution in [1.82, 2.24) is 4.98 Å². The third kappa shape index (κ3) is 1.97. The van der Waals surface area contributed by atoms with Gasteiger partial charge in [-0.3, -0.25) is 4.79 Å². The van der Waals surface area contributed by atoms with E-state index in [4.69, 9.17) is 0 Å². The number of aromatic nitrogens is 1. The number of H-pyrrole nitrogens is 1. The van der Waals surface area contributed by atoms with Crippen LogP contribution in [0.3, 0.4) is 0 Å². The predicted octanol–water partition coefficient (Wildman–Crippen LogP) is 1.96. The molecule has 1 aromatic heterocycles. The average molecular weight is 229 g/mol. The smallest absolute Gasteiger partial charge is 0.343 e. The maximum absolute atomic E-state index is 11.7. The van der Waals surface area contributed by atoms with Gasteiger partial charge in [0.2, 0.25) is 0 Å². The first-order chi connectivity index (χ1) is 8.15. The number of fused-ring (bicyclic) bond motifs is 1. The van der Waals surface area contributed by atoms with Crippen molar-refractivity contribution in [1.29, 1.82) is 0 Å². The van der Waals surface area contributed by atoms with Crippen LogP contribution in [0, 0.1) is 0 Å². The lowest BCUT2D eigenvalue weighted by molar-refractivity contribution is 0.0599. The van der Waals surface area contributed by atoms with Gasteiger partial charge in [-0.2, -0.15) is 0 Å². The molecule has 0 aliphatic carbocycles. The van der Waals surface area contributed by atoms with Crippen molar-refractivity contribution in [3.8, 4) is 0 Å². The molecular formula is C13H11NO3. The van der Waals surface area contributed by atoms with E-state index < -0.39 is 11.5 Å². The zero-order valence-corrected chi connectivity index (χ0v) is 9.32. The first kappa shape index (κ1) is 11.1. The number of ether oxygens (including phenoxy) is 1. The Bertz CT molecular complexity index is 655. The van der Waals surface area contributed by atoms with Gasteiger partial charge in [-0.05, 0) is 23.1 Å². The third-order valence-corrected chi connectivity index (χ3v) is 2.51. The molecule has 2 rings (SSSR count). The number of benzene rings is 1. The Hall–Kier alpha value is -2.36. The number of hydrogen-bond acceptors (Lipinski definition) is 3. The number of methoxy groups -OCH3 is 1. The minimum Gasteiger partial charge on any atom is -0.465 e. The van der Waals surface area contributed by atoms with Crippen LogP contribution in [-0.4, -0.2) is 18.1 Å². The summed E-state index contributed by atoms with van der Waals surface area (Å²) in [7, 11) is 1.24. The van der Waals surface area contributed by atoms with Crippen molar-refractivity contribution in [2.75, 3.05) is 7.11 Å². The lowest BCUT2D eigenvalue weighted by atomic mass is 10.1. The molecule has 0 spiro atoms. The summed E-state index contributed by atoms with van der Waals surface area (Å²) in [6.45, 7) is 3.65. The molecule has 1 aromatic carbocycles. The molecule has 0 aliphatic rings. The maximum atomic E-state index is 11.7. The van der Waals surface area contributed by atoms with Gasteiger partial charge < -0.3 is 9.72 Å². The summed E-state index contributed by atoms with van der Waals surface area (Å²) in [6.07, 6.45) is 1.69. The molecule has 4 heteroatoms. The van der Waals surface area contributed by atoms with E-state index in [2.05, 4.69) is 16.3 Å². The lowest BCUT2D eigenvalue weighted by Gasteiger charge is -2.02. The summed E-state index contributed by atoms with van der Waals surface area (Å²) < 4.78 is 4.54. The first-order valence-corrected chi connectivity index (χ1v) is 5.03. The van der Waals surface area contributed by atoms with Crippen LogP contribution in [0.1, 0.15) is 15.9 Å². The zero-order chi connectivity index (χ0) is 12.4. The molecule has 0 saturated carbocycles. The number of aromatic amines is 1. The Labute approximate surface area is 97.5 Å². The molecule has 0 atom stereocenters. The molecule has 1 heterocycles. The highest BCUT2D eigenvalue weighted by Crippen LogP contribution is 2.14. The van der Waals surface area contributed by atoms with Crippen LogP contribution >= 0.6 is 0 Å². The number of pyridine rings is 1. The summed E-state index contributed by atoms with van der Waals surface area (Å²) in [6, 6.07) is 6.99. The normalized spacial score (nSPS) is 10.2. The first-order valence-electron chi connectivity index (χ1n) is 5.03. The second-order valence-electron chi connectivity index (χ2n) is 3.55. The van der Waals surface area contributed by atoms with Crippen LogP contribution in [0.5, 0.6) is 0 Å². The van der Waals surface area contributed by atoms with Crippen LogP contribution < -0.4 is 5.56 Å². The Morgan fingerprint density at radius 1 is 1.41 bits per heavy atom. The number of rotatable bonds is 2. The van der Waals surface area contributed by atoms with Crippen LogP contribution in [0.15, 0.2) is 35.6 Å². The number of carbonyl (C=O) groups excluding carboxylic acids is 1. The number of esters is 1. The summed E-state index contributed by atoms with van der Waals surface area (Å²) in [5.41, 5.74) is 1.12. The van der Waals surface area contributed by atoms with E-state index in [-0.39, 0.29) is 5.56 Å². The van der Waals surface area contributed by atoms with Gasteiger partial charge in [-0.25, -0.2) is 4.79 Å².